The van der Waals surface area contributed by atoms with E-state index in [2.05, 4.69) is 23.3 Å². The summed E-state index contributed by atoms with van der Waals surface area (Å²) in [5, 5.41) is 0. The molecule has 100 valence electrons. The predicted octanol–water partition coefficient (Wildman–Crippen LogP) is 2.55. The summed E-state index contributed by atoms with van der Waals surface area (Å²) in [5.41, 5.74) is 0. The van der Waals surface area contributed by atoms with Gasteiger partial charge in [-0.1, -0.05) is 27.4 Å². The SMILES string of the molecule is C=C(N1CCOCC1)N1CCC(C)CC1.CC. The molecule has 3 heteroatoms. The van der Waals surface area contributed by atoms with Gasteiger partial charge in [0.05, 0.1) is 19.0 Å². The third-order valence-corrected chi connectivity index (χ3v) is 3.52. The maximum Gasteiger partial charge on any atom is 0.0966 e. The van der Waals surface area contributed by atoms with Gasteiger partial charge in [-0.2, -0.15) is 0 Å². The van der Waals surface area contributed by atoms with Gasteiger partial charge >= 0.3 is 0 Å². The minimum atomic E-state index is 0.850. The average Bonchev–Trinajstić information content (AvgIpc) is 2.42. The van der Waals surface area contributed by atoms with Crippen LogP contribution in [0.4, 0.5) is 0 Å². The molecular formula is C14H28N2O. The molecule has 17 heavy (non-hydrogen) atoms. The van der Waals surface area contributed by atoms with E-state index in [1.165, 1.54) is 31.8 Å². The third kappa shape index (κ3) is 4.23. The fraction of sp³-hybridized carbons (Fsp3) is 0.857. The summed E-state index contributed by atoms with van der Waals surface area (Å²) < 4.78 is 5.35. The molecule has 0 spiro atoms. The Balaban J connectivity index is 0.000000686. The summed E-state index contributed by atoms with van der Waals surface area (Å²) in [4.78, 5) is 4.80. The van der Waals surface area contributed by atoms with Gasteiger partial charge in [0.2, 0.25) is 0 Å². The summed E-state index contributed by atoms with van der Waals surface area (Å²) in [6, 6.07) is 0. The van der Waals surface area contributed by atoms with E-state index in [9.17, 15) is 0 Å². The number of rotatable bonds is 2. The molecule has 0 atom stereocenters. The van der Waals surface area contributed by atoms with Crippen molar-refractivity contribution in [3.05, 3.63) is 12.4 Å². The molecule has 0 aromatic rings. The number of ether oxygens (including phenoxy) is 1. The van der Waals surface area contributed by atoms with Crippen molar-refractivity contribution in [3.63, 3.8) is 0 Å². The van der Waals surface area contributed by atoms with Crippen molar-refractivity contribution in [1.82, 2.24) is 9.80 Å². The van der Waals surface area contributed by atoms with Gasteiger partial charge in [0.25, 0.3) is 0 Å². The lowest BCUT2D eigenvalue weighted by Gasteiger charge is -2.40. The van der Waals surface area contributed by atoms with Crippen molar-refractivity contribution in [1.29, 1.82) is 0 Å². The monoisotopic (exact) mass is 240 g/mol. The van der Waals surface area contributed by atoms with E-state index >= 15 is 0 Å². The van der Waals surface area contributed by atoms with E-state index in [4.69, 9.17) is 4.74 Å². The Hall–Kier alpha value is -0.700. The standard InChI is InChI=1S/C12H22N2O.C2H6/c1-11-3-5-13(6-4-11)12(2)14-7-9-15-10-8-14;1-2/h11H,2-10H2,1H3;1-2H3. The predicted molar refractivity (Wildman–Crippen MR) is 72.9 cm³/mol. The lowest BCUT2D eigenvalue weighted by Crippen LogP contribution is -2.44. The van der Waals surface area contributed by atoms with E-state index < -0.39 is 0 Å². The van der Waals surface area contributed by atoms with Crippen LogP contribution in [0.5, 0.6) is 0 Å². The van der Waals surface area contributed by atoms with Crippen molar-refractivity contribution in [2.24, 2.45) is 5.92 Å². The highest BCUT2D eigenvalue weighted by Gasteiger charge is 2.21. The largest absolute Gasteiger partial charge is 0.378 e. The maximum atomic E-state index is 5.35. The van der Waals surface area contributed by atoms with Crippen molar-refractivity contribution < 1.29 is 4.74 Å². The first-order chi connectivity index (χ1) is 8.27. The van der Waals surface area contributed by atoms with Crippen LogP contribution in [-0.4, -0.2) is 49.2 Å². The molecule has 2 heterocycles. The Morgan fingerprint density at radius 1 is 1.00 bits per heavy atom. The quantitative estimate of drug-likeness (QED) is 0.738. The fourth-order valence-corrected chi connectivity index (χ4v) is 2.29. The van der Waals surface area contributed by atoms with Gasteiger partial charge < -0.3 is 14.5 Å². The molecule has 3 nitrogen and oxygen atoms in total. The molecule has 2 aliphatic rings. The maximum absolute atomic E-state index is 5.35. The summed E-state index contributed by atoms with van der Waals surface area (Å²) in [6.45, 7) is 16.6. The van der Waals surface area contributed by atoms with Gasteiger partial charge in [-0.15, -0.1) is 0 Å². The number of hydrogen-bond donors (Lipinski definition) is 0. The molecule has 0 saturated carbocycles. The molecule has 0 radical (unpaired) electrons. The number of hydrogen-bond acceptors (Lipinski definition) is 3. The molecule has 0 aromatic carbocycles. The number of piperidine rings is 1. The summed E-state index contributed by atoms with van der Waals surface area (Å²) >= 11 is 0. The van der Waals surface area contributed by atoms with Gasteiger partial charge in [0.1, 0.15) is 0 Å². The van der Waals surface area contributed by atoms with Gasteiger partial charge in [-0.3, -0.25) is 0 Å². The second-order valence-electron chi connectivity index (χ2n) is 4.69. The Kier molecular flexibility index (Phi) is 6.41. The average molecular weight is 240 g/mol. The molecular weight excluding hydrogens is 212 g/mol. The zero-order chi connectivity index (χ0) is 12.7. The Labute approximate surface area is 106 Å². The normalized spacial score (nSPS) is 21.8. The van der Waals surface area contributed by atoms with Crippen molar-refractivity contribution >= 4 is 0 Å². The lowest BCUT2D eigenvalue weighted by atomic mass is 9.99. The fourth-order valence-electron chi connectivity index (χ4n) is 2.29. The molecule has 2 aliphatic heterocycles. The zero-order valence-corrected chi connectivity index (χ0v) is 11.7. The summed E-state index contributed by atoms with van der Waals surface area (Å²) in [6.07, 6.45) is 2.62. The van der Waals surface area contributed by atoms with Crippen LogP contribution in [0.2, 0.25) is 0 Å². The van der Waals surface area contributed by atoms with Gasteiger partial charge in [-0.25, -0.2) is 0 Å². The molecule has 0 N–H and O–H groups in total. The zero-order valence-electron chi connectivity index (χ0n) is 11.7. The van der Waals surface area contributed by atoms with E-state index in [0.29, 0.717) is 0 Å². The minimum absolute atomic E-state index is 0.850. The Morgan fingerprint density at radius 3 is 2.00 bits per heavy atom. The van der Waals surface area contributed by atoms with Gasteiger partial charge in [-0.05, 0) is 18.8 Å². The second-order valence-corrected chi connectivity index (χ2v) is 4.69. The molecule has 0 aromatic heterocycles. The number of morpholine rings is 1. The molecule has 0 bridgehead atoms. The van der Waals surface area contributed by atoms with Crippen molar-refractivity contribution in [3.8, 4) is 0 Å². The van der Waals surface area contributed by atoms with E-state index in [-0.39, 0.29) is 0 Å². The van der Waals surface area contributed by atoms with Crippen LogP contribution in [0.1, 0.15) is 33.6 Å². The van der Waals surface area contributed by atoms with E-state index in [0.717, 1.165) is 32.2 Å². The molecule has 2 rings (SSSR count). The third-order valence-electron chi connectivity index (χ3n) is 3.52. The van der Waals surface area contributed by atoms with Crippen LogP contribution in [0.3, 0.4) is 0 Å². The van der Waals surface area contributed by atoms with Gasteiger partial charge in [0, 0.05) is 26.2 Å². The highest BCUT2D eigenvalue weighted by molar-refractivity contribution is 4.96. The first-order valence-electron chi connectivity index (χ1n) is 7.04. The van der Waals surface area contributed by atoms with Crippen molar-refractivity contribution in [2.45, 2.75) is 33.6 Å². The van der Waals surface area contributed by atoms with E-state index in [1.807, 2.05) is 13.8 Å². The summed E-state index contributed by atoms with van der Waals surface area (Å²) in [5.74, 6) is 2.10. The molecule has 2 fully saturated rings. The Bertz CT molecular complexity index is 216. The number of nitrogens with zero attached hydrogens (tertiary/aromatic N) is 2. The van der Waals surface area contributed by atoms with Crippen LogP contribution in [-0.2, 0) is 4.74 Å². The van der Waals surface area contributed by atoms with E-state index in [1.54, 1.807) is 0 Å². The molecule has 2 saturated heterocycles. The molecule has 0 amide bonds. The summed E-state index contributed by atoms with van der Waals surface area (Å²) in [7, 11) is 0. The first kappa shape index (κ1) is 14.4. The lowest BCUT2D eigenvalue weighted by molar-refractivity contribution is 0.0341. The van der Waals surface area contributed by atoms with Gasteiger partial charge in [0.15, 0.2) is 0 Å². The highest BCUT2D eigenvalue weighted by Crippen LogP contribution is 2.21. The highest BCUT2D eigenvalue weighted by atomic mass is 16.5. The van der Waals surface area contributed by atoms with Crippen molar-refractivity contribution in [2.75, 3.05) is 39.4 Å². The minimum Gasteiger partial charge on any atom is -0.378 e. The second kappa shape index (κ2) is 7.59. The van der Waals surface area contributed by atoms with Crippen LogP contribution < -0.4 is 0 Å². The first-order valence-corrected chi connectivity index (χ1v) is 7.04. The smallest absolute Gasteiger partial charge is 0.0966 e. The number of likely N-dealkylation sites (tertiary alicyclic amines) is 1. The van der Waals surface area contributed by atoms with Crippen LogP contribution in [0, 0.1) is 5.92 Å². The Morgan fingerprint density at radius 2 is 1.47 bits per heavy atom. The molecule has 0 unspecified atom stereocenters. The van der Waals surface area contributed by atoms with Crippen LogP contribution in [0.25, 0.3) is 0 Å². The topological polar surface area (TPSA) is 15.7 Å². The van der Waals surface area contributed by atoms with Crippen LogP contribution in [0.15, 0.2) is 12.4 Å². The molecule has 0 aliphatic carbocycles. The van der Waals surface area contributed by atoms with Crippen LogP contribution >= 0.6 is 0 Å².